The summed E-state index contributed by atoms with van der Waals surface area (Å²) in [6, 6.07) is 0.401. The summed E-state index contributed by atoms with van der Waals surface area (Å²) in [6.07, 6.45) is 2.11. The van der Waals surface area contributed by atoms with Gasteiger partial charge < -0.3 is 14.8 Å². The molecule has 0 unspecified atom stereocenters. The van der Waals surface area contributed by atoms with Gasteiger partial charge in [0, 0.05) is 24.3 Å². The number of aromatic nitrogens is 2. The highest BCUT2D eigenvalue weighted by molar-refractivity contribution is 5.30. The van der Waals surface area contributed by atoms with E-state index in [0.717, 1.165) is 18.2 Å². The topological polar surface area (TPSA) is 33.1 Å². The summed E-state index contributed by atoms with van der Waals surface area (Å²) in [5, 5.41) is 3.39. The fourth-order valence-corrected chi connectivity index (χ4v) is 1.60. The Hall–Kier alpha value is -1.03. The highest BCUT2D eigenvalue weighted by Crippen LogP contribution is 2.18. The fraction of sp³-hybridized carbons (Fsp3) is 0.769. The largest absolute Gasteiger partial charge is 0.353 e. The van der Waals surface area contributed by atoms with E-state index in [1.54, 1.807) is 0 Å². The van der Waals surface area contributed by atoms with Crippen molar-refractivity contribution in [3.05, 3.63) is 11.9 Å². The minimum absolute atomic E-state index is 0.112. The van der Waals surface area contributed by atoms with E-state index in [1.165, 1.54) is 0 Å². The van der Waals surface area contributed by atoms with E-state index >= 15 is 0 Å². The van der Waals surface area contributed by atoms with Crippen molar-refractivity contribution in [1.82, 2.24) is 14.5 Å². The smallest absolute Gasteiger partial charge is 0.203 e. The van der Waals surface area contributed by atoms with Crippen LogP contribution in [0.1, 0.15) is 33.4 Å². The van der Waals surface area contributed by atoms with Gasteiger partial charge in [0.2, 0.25) is 5.95 Å². The summed E-state index contributed by atoms with van der Waals surface area (Å²) in [5.41, 5.74) is 1.17. The molecule has 1 aromatic rings. The molecule has 0 aliphatic heterocycles. The Bertz CT molecular complexity index is 363. The van der Waals surface area contributed by atoms with Crippen molar-refractivity contribution in [2.75, 3.05) is 19.4 Å². The first-order valence-corrected chi connectivity index (χ1v) is 6.20. The minimum Gasteiger partial charge on any atom is -0.353 e. The Labute approximate surface area is 105 Å². The lowest BCUT2D eigenvalue weighted by Gasteiger charge is -2.33. The number of anilines is 1. The SMILES string of the molecule is Cc1cn(CC(C)(C)N(C)C)c(NC(C)C)n1. The number of aryl methyl sites for hydroxylation is 1. The van der Waals surface area contributed by atoms with Gasteiger partial charge in [0.05, 0.1) is 5.69 Å². The molecule has 0 fully saturated rings. The molecule has 0 saturated carbocycles. The Morgan fingerprint density at radius 3 is 2.47 bits per heavy atom. The van der Waals surface area contributed by atoms with Gasteiger partial charge in [-0.25, -0.2) is 4.98 Å². The number of likely N-dealkylation sites (N-methyl/N-ethyl adjacent to an activating group) is 1. The highest BCUT2D eigenvalue weighted by Gasteiger charge is 2.22. The van der Waals surface area contributed by atoms with E-state index in [0.29, 0.717) is 6.04 Å². The van der Waals surface area contributed by atoms with Crippen LogP contribution in [-0.4, -0.2) is 40.1 Å². The Kier molecular flexibility index (Phi) is 4.20. The van der Waals surface area contributed by atoms with Crippen LogP contribution in [0.25, 0.3) is 0 Å². The Morgan fingerprint density at radius 2 is 2.00 bits per heavy atom. The van der Waals surface area contributed by atoms with Crippen molar-refractivity contribution in [2.45, 2.75) is 52.7 Å². The molecule has 0 saturated heterocycles. The van der Waals surface area contributed by atoms with Gasteiger partial charge in [-0.05, 0) is 48.7 Å². The summed E-state index contributed by atoms with van der Waals surface area (Å²) in [7, 11) is 4.22. The lowest BCUT2D eigenvalue weighted by Crippen LogP contribution is -2.42. The van der Waals surface area contributed by atoms with E-state index in [4.69, 9.17) is 0 Å². The average molecular weight is 238 g/mol. The number of rotatable bonds is 5. The number of hydrogen-bond acceptors (Lipinski definition) is 3. The molecule has 1 heterocycles. The van der Waals surface area contributed by atoms with Gasteiger partial charge in [0.1, 0.15) is 0 Å². The maximum Gasteiger partial charge on any atom is 0.203 e. The molecule has 0 atom stereocenters. The first-order chi connectivity index (χ1) is 7.72. The standard InChI is InChI=1S/C13H26N4/c1-10(2)14-12-15-11(3)8-17(12)9-13(4,5)16(6)7/h8,10H,9H2,1-7H3,(H,14,15). The first kappa shape index (κ1) is 14.0. The van der Waals surface area contributed by atoms with E-state index in [9.17, 15) is 0 Å². The minimum atomic E-state index is 0.112. The van der Waals surface area contributed by atoms with Gasteiger partial charge in [-0.2, -0.15) is 0 Å². The predicted octanol–water partition coefficient (Wildman–Crippen LogP) is 2.35. The number of nitrogens with one attached hydrogen (secondary N) is 1. The lowest BCUT2D eigenvalue weighted by molar-refractivity contribution is 0.170. The molecule has 0 bridgehead atoms. The zero-order chi connectivity index (χ0) is 13.2. The third-order valence-electron chi connectivity index (χ3n) is 3.08. The molecule has 1 rings (SSSR count). The summed E-state index contributed by atoms with van der Waals surface area (Å²) in [6.45, 7) is 11.7. The Balaban J connectivity index is 2.90. The van der Waals surface area contributed by atoms with Crippen LogP contribution < -0.4 is 5.32 Å². The van der Waals surface area contributed by atoms with Crippen molar-refractivity contribution in [3.63, 3.8) is 0 Å². The van der Waals surface area contributed by atoms with E-state index < -0.39 is 0 Å². The van der Waals surface area contributed by atoms with Crippen LogP contribution in [-0.2, 0) is 6.54 Å². The van der Waals surface area contributed by atoms with Crippen LogP contribution in [0.4, 0.5) is 5.95 Å². The first-order valence-electron chi connectivity index (χ1n) is 6.20. The molecule has 0 amide bonds. The number of hydrogen-bond donors (Lipinski definition) is 1. The molecular weight excluding hydrogens is 212 g/mol. The average Bonchev–Trinajstić information content (AvgIpc) is 2.44. The van der Waals surface area contributed by atoms with Crippen molar-refractivity contribution in [2.24, 2.45) is 0 Å². The monoisotopic (exact) mass is 238 g/mol. The highest BCUT2D eigenvalue weighted by atomic mass is 15.2. The molecule has 0 aromatic carbocycles. The van der Waals surface area contributed by atoms with Gasteiger partial charge in [0.25, 0.3) is 0 Å². The lowest BCUT2D eigenvalue weighted by atomic mass is 10.0. The second-order valence-electron chi connectivity index (χ2n) is 5.84. The molecule has 0 spiro atoms. The Morgan fingerprint density at radius 1 is 1.41 bits per heavy atom. The quantitative estimate of drug-likeness (QED) is 0.855. The molecule has 1 N–H and O–H groups in total. The van der Waals surface area contributed by atoms with Gasteiger partial charge >= 0.3 is 0 Å². The molecule has 0 aliphatic rings. The fourth-order valence-electron chi connectivity index (χ4n) is 1.60. The zero-order valence-electron chi connectivity index (χ0n) is 12.2. The molecule has 98 valence electrons. The van der Waals surface area contributed by atoms with Crippen molar-refractivity contribution in [3.8, 4) is 0 Å². The van der Waals surface area contributed by atoms with Crippen molar-refractivity contribution < 1.29 is 0 Å². The van der Waals surface area contributed by atoms with Crippen LogP contribution in [0, 0.1) is 6.92 Å². The van der Waals surface area contributed by atoms with Crippen molar-refractivity contribution in [1.29, 1.82) is 0 Å². The van der Waals surface area contributed by atoms with Crippen molar-refractivity contribution >= 4 is 5.95 Å². The van der Waals surface area contributed by atoms with Crippen LogP contribution in [0.5, 0.6) is 0 Å². The maximum absolute atomic E-state index is 4.53. The van der Waals surface area contributed by atoms with E-state index in [2.05, 4.69) is 67.8 Å². The molecule has 17 heavy (non-hydrogen) atoms. The van der Waals surface area contributed by atoms with Crippen LogP contribution >= 0.6 is 0 Å². The molecule has 0 radical (unpaired) electrons. The zero-order valence-corrected chi connectivity index (χ0v) is 12.2. The summed E-state index contributed by atoms with van der Waals surface area (Å²) in [4.78, 5) is 6.77. The molecule has 0 aliphatic carbocycles. The normalized spacial score (nSPS) is 12.5. The second-order valence-corrected chi connectivity index (χ2v) is 5.84. The van der Waals surface area contributed by atoms with Gasteiger partial charge in [0.15, 0.2) is 0 Å². The van der Waals surface area contributed by atoms with Gasteiger partial charge in [-0.3, -0.25) is 0 Å². The number of nitrogens with zero attached hydrogens (tertiary/aromatic N) is 3. The predicted molar refractivity (Wildman–Crippen MR) is 73.5 cm³/mol. The van der Waals surface area contributed by atoms with Crippen LogP contribution in [0.15, 0.2) is 6.20 Å². The number of imidazole rings is 1. The van der Waals surface area contributed by atoms with Crippen LogP contribution in [0.3, 0.4) is 0 Å². The second kappa shape index (κ2) is 5.08. The third kappa shape index (κ3) is 3.73. The summed E-state index contributed by atoms with van der Waals surface area (Å²) in [5.74, 6) is 0.965. The third-order valence-corrected chi connectivity index (χ3v) is 3.08. The van der Waals surface area contributed by atoms with Gasteiger partial charge in [-0.15, -0.1) is 0 Å². The van der Waals surface area contributed by atoms with Gasteiger partial charge in [-0.1, -0.05) is 0 Å². The van der Waals surface area contributed by atoms with E-state index in [-0.39, 0.29) is 5.54 Å². The molecule has 1 aromatic heterocycles. The molecule has 4 heteroatoms. The summed E-state index contributed by atoms with van der Waals surface area (Å²) >= 11 is 0. The van der Waals surface area contributed by atoms with Crippen LogP contribution in [0.2, 0.25) is 0 Å². The molecular formula is C13H26N4. The summed E-state index contributed by atoms with van der Waals surface area (Å²) < 4.78 is 2.20. The molecule has 4 nitrogen and oxygen atoms in total. The van der Waals surface area contributed by atoms with E-state index in [1.807, 2.05) is 6.92 Å². The maximum atomic E-state index is 4.53.